The van der Waals surface area contributed by atoms with Crippen molar-refractivity contribution in [1.82, 2.24) is 9.88 Å². The Labute approximate surface area is 151 Å². The van der Waals surface area contributed by atoms with Crippen LogP contribution in [0.2, 0.25) is 0 Å². The Hall–Kier alpha value is -2.25. The summed E-state index contributed by atoms with van der Waals surface area (Å²) >= 11 is 1.42. The summed E-state index contributed by atoms with van der Waals surface area (Å²) in [5, 5.41) is 5.38. The molecule has 2 aromatic rings. The number of likely N-dealkylation sites (tertiary alicyclic amines) is 1. The van der Waals surface area contributed by atoms with E-state index in [2.05, 4.69) is 10.3 Å². The Morgan fingerprint density at radius 2 is 1.96 bits per heavy atom. The predicted octanol–water partition coefficient (Wildman–Crippen LogP) is 2.52. The van der Waals surface area contributed by atoms with Crippen molar-refractivity contribution in [1.29, 1.82) is 0 Å². The van der Waals surface area contributed by atoms with Crippen LogP contribution in [0.15, 0.2) is 29.6 Å². The number of benzene rings is 1. The second-order valence-corrected chi connectivity index (χ2v) is 6.96. The molecule has 0 aliphatic carbocycles. The predicted molar refractivity (Wildman–Crippen MR) is 99.0 cm³/mol. The van der Waals surface area contributed by atoms with Gasteiger partial charge in [0, 0.05) is 24.9 Å². The van der Waals surface area contributed by atoms with Crippen LogP contribution in [0.1, 0.15) is 45.1 Å². The molecular weight excluding hydrogens is 336 g/mol. The third-order valence-electron chi connectivity index (χ3n) is 4.19. The van der Waals surface area contributed by atoms with Crippen molar-refractivity contribution < 1.29 is 9.59 Å². The summed E-state index contributed by atoms with van der Waals surface area (Å²) in [5.74, 6) is -0.337. The Bertz CT molecular complexity index is 753. The van der Waals surface area contributed by atoms with Gasteiger partial charge >= 0.3 is 0 Å². The van der Waals surface area contributed by atoms with Gasteiger partial charge in [-0.25, -0.2) is 4.98 Å². The second kappa shape index (κ2) is 8.22. The smallest absolute Gasteiger partial charge is 0.275 e. The molecule has 1 saturated heterocycles. The van der Waals surface area contributed by atoms with Gasteiger partial charge in [-0.1, -0.05) is 12.1 Å². The maximum absolute atomic E-state index is 12.8. The van der Waals surface area contributed by atoms with Gasteiger partial charge in [-0.05, 0) is 37.9 Å². The lowest BCUT2D eigenvalue weighted by molar-refractivity contribution is 0.0725. The molecule has 2 heterocycles. The molecule has 1 aliphatic rings. The molecule has 0 spiro atoms. The number of hydrogen-bond acceptors (Lipinski definition) is 5. The van der Waals surface area contributed by atoms with Crippen molar-refractivity contribution in [3.63, 3.8) is 0 Å². The van der Waals surface area contributed by atoms with Crippen LogP contribution in [-0.2, 0) is 6.42 Å². The van der Waals surface area contributed by atoms with Crippen molar-refractivity contribution in [3.05, 3.63) is 45.9 Å². The summed E-state index contributed by atoms with van der Waals surface area (Å²) in [6.07, 6.45) is 3.88. The van der Waals surface area contributed by atoms with Crippen LogP contribution in [0, 0.1) is 0 Å². The number of amides is 2. The first kappa shape index (κ1) is 17.6. The molecule has 0 radical (unpaired) electrons. The van der Waals surface area contributed by atoms with Gasteiger partial charge in [0.25, 0.3) is 11.8 Å². The lowest BCUT2D eigenvalue weighted by atomic mass is 10.1. The van der Waals surface area contributed by atoms with Gasteiger partial charge in [0.2, 0.25) is 0 Å². The molecule has 0 atom stereocenters. The molecule has 1 aromatic carbocycles. The van der Waals surface area contributed by atoms with E-state index in [-0.39, 0.29) is 11.8 Å². The van der Waals surface area contributed by atoms with Crippen LogP contribution < -0.4 is 11.1 Å². The maximum atomic E-state index is 12.8. The number of nitrogens with two attached hydrogens (primary N) is 1. The van der Waals surface area contributed by atoms with E-state index >= 15 is 0 Å². The quantitative estimate of drug-likeness (QED) is 0.860. The highest BCUT2D eigenvalue weighted by Crippen LogP contribution is 2.21. The van der Waals surface area contributed by atoms with E-state index in [0.717, 1.165) is 37.4 Å². The van der Waals surface area contributed by atoms with E-state index < -0.39 is 0 Å². The van der Waals surface area contributed by atoms with E-state index in [1.54, 1.807) is 17.5 Å². The fourth-order valence-corrected chi connectivity index (χ4v) is 3.68. The first-order valence-electron chi connectivity index (χ1n) is 8.53. The maximum Gasteiger partial charge on any atom is 0.275 e. The number of anilines is 1. The average Bonchev–Trinajstić information content (AvgIpc) is 3.11. The van der Waals surface area contributed by atoms with Crippen LogP contribution in [-0.4, -0.2) is 41.3 Å². The third-order valence-corrected chi connectivity index (χ3v) is 5.10. The Balaban J connectivity index is 1.75. The second-order valence-electron chi connectivity index (χ2n) is 6.02. The molecule has 1 aromatic heterocycles. The minimum absolute atomic E-state index is 0.0299. The molecule has 3 rings (SSSR count). The number of piperidine rings is 1. The minimum atomic E-state index is -0.307. The van der Waals surface area contributed by atoms with Gasteiger partial charge in [0.15, 0.2) is 0 Å². The first-order valence-corrected chi connectivity index (χ1v) is 9.41. The molecule has 25 heavy (non-hydrogen) atoms. The highest BCUT2D eigenvalue weighted by molar-refractivity contribution is 7.09. The van der Waals surface area contributed by atoms with E-state index in [1.807, 2.05) is 17.0 Å². The van der Waals surface area contributed by atoms with Crippen LogP contribution in [0.5, 0.6) is 0 Å². The summed E-state index contributed by atoms with van der Waals surface area (Å²) in [4.78, 5) is 31.4. The summed E-state index contributed by atoms with van der Waals surface area (Å²) in [7, 11) is 0. The number of thiazole rings is 1. The van der Waals surface area contributed by atoms with E-state index in [4.69, 9.17) is 5.73 Å². The fourth-order valence-electron chi connectivity index (χ4n) is 2.89. The van der Waals surface area contributed by atoms with Gasteiger partial charge in [-0.15, -0.1) is 11.3 Å². The molecule has 6 nitrogen and oxygen atoms in total. The first-order chi connectivity index (χ1) is 12.2. The highest BCUT2D eigenvalue weighted by Gasteiger charge is 2.21. The molecule has 132 valence electrons. The number of para-hydroxylation sites is 1. The summed E-state index contributed by atoms with van der Waals surface area (Å²) in [5.41, 5.74) is 6.92. The van der Waals surface area contributed by atoms with Gasteiger partial charge in [0.1, 0.15) is 5.69 Å². The van der Waals surface area contributed by atoms with Crippen LogP contribution in [0.3, 0.4) is 0 Å². The zero-order chi connectivity index (χ0) is 17.6. The number of carbonyl (C=O) groups is 2. The van der Waals surface area contributed by atoms with E-state index in [0.29, 0.717) is 29.9 Å². The number of carbonyl (C=O) groups excluding carboxylic acids is 2. The number of nitrogens with one attached hydrogen (secondary N) is 1. The average molecular weight is 358 g/mol. The molecule has 7 heteroatoms. The van der Waals surface area contributed by atoms with Crippen molar-refractivity contribution in [2.24, 2.45) is 5.73 Å². The van der Waals surface area contributed by atoms with Gasteiger partial charge < -0.3 is 16.0 Å². The van der Waals surface area contributed by atoms with Gasteiger partial charge in [-0.3, -0.25) is 9.59 Å². The van der Waals surface area contributed by atoms with Crippen molar-refractivity contribution in [2.45, 2.75) is 25.7 Å². The van der Waals surface area contributed by atoms with Gasteiger partial charge in [-0.2, -0.15) is 0 Å². The lowest BCUT2D eigenvalue weighted by Crippen LogP contribution is -2.36. The highest BCUT2D eigenvalue weighted by atomic mass is 32.1. The van der Waals surface area contributed by atoms with Crippen LogP contribution in [0.25, 0.3) is 0 Å². The van der Waals surface area contributed by atoms with Gasteiger partial charge in [0.05, 0.1) is 16.3 Å². The molecule has 0 unspecified atom stereocenters. The van der Waals surface area contributed by atoms with E-state index in [9.17, 15) is 9.59 Å². The molecule has 2 amide bonds. The van der Waals surface area contributed by atoms with Crippen LogP contribution in [0.4, 0.5) is 5.69 Å². The largest absolute Gasteiger partial charge is 0.339 e. The van der Waals surface area contributed by atoms with E-state index in [1.165, 1.54) is 11.3 Å². The molecule has 1 aliphatic heterocycles. The Morgan fingerprint density at radius 1 is 1.20 bits per heavy atom. The van der Waals surface area contributed by atoms with Crippen molar-refractivity contribution in [3.8, 4) is 0 Å². The number of aromatic nitrogens is 1. The Morgan fingerprint density at radius 3 is 2.72 bits per heavy atom. The molecule has 0 bridgehead atoms. The number of rotatable bonds is 5. The zero-order valence-corrected chi connectivity index (χ0v) is 14.8. The standard InChI is InChI=1S/C18H22N4O2S/c19-9-8-16-20-15(12-25-16)17(23)21-14-7-3-2-6-13(14)18(24)22-10-4-1-5-11-22/h2-3,6-7,12H,1,4-5,8-11,19H2,(H,21,23). The third kappa shape index (κ3) is 4.24. The topological polar surface area (TPSA) is 88.3 Å². The zero-order valence-electron chi connectivity index (χ0n) is 14.0. The SMILES string of the molecule is NCCc1nc(C(=O)Nc2ccccc2C(=O)N2CCCCC2)cs1. The summed E-state index contributed by atoms with van der Waals surface area (Å²) in [6, 6.07) is 7.13. The summed E-state index contributed by atoms with van der Waals surface area (Å²) < 4.78 is 0. The number of nitrogens with zero attached hydrogens (tertiary/aromatic N) is 2. The Kier molecular flexibility index (Phi) is 5.78. The summed E-state index contributed by atoms with van der Waals surface area (Å²) in [6.45, 7) is 2.05. The lowest BCUT2D eigenvalue weighted by Gasteiger charge is -2.27. The van der Waals surface area contributed by atoms with Crippen molar-refractivity contribution in [2.75, 3.05) is 25.0 Å². The fraction of sp³-hybridized carbons (Fsp3) is 0.389. The molecule has 1 fully saturated rings. The van der Waals surface area contributed by atoms with Crippen molar-refractivity contribution >= 4 is 28.8 Å². The molecular formula is C18H22N4O2S. The molecule has 0 saturated carbocycles. The monoisotopic (exact) mass is 358 g/mol. The normalized spacial score (nSPS) is 14.4. The number of hydrogen-bond donors (Lipinski definition) is 2. The van der Waals surface area contributed by atoms with Crippen LogP contribution >= 0.6 is 11.3 Å². The minimum Gasteiger partial charge on any atom is -0.339 e. The molecule has 3 N–H and O–H groups in total.